The summed E-state index contributed by atoms with van der Waals surface area (Å²) < 4.78 is 0. The summed E-state index contributed by atoms with van der Waals surface area (Å²) in [5, 5.41) is 10.2. The van der Waals surface area contributed by atoms with Crippen LogP contribution in [0.5, 0.6) is 0 Å². The van der Waals surface area contributed by atoms with E-state index in [4.69, 9.17) is 0 Å². The summed E-state index contributed by atoms with van der Waals surface area (Å²) in [7, 11) is 0. The van der Waals surface area contributed by atoms with E-state index in [1.165, 1.54) is 12.4 Å². The van der Waals surface area contributed by atoms with E-state index in [9.17, 15) is 19.2 Å². The number of hydrogen-bond acceptors (Lipinski definition) is 6. The monoisotopic (exact) mass is 472 g/mol. The van der Waals surface area contributed by atoms with Gasteiger partial charge in [0.25, 0.3) is 11.8 Å². The minimum Gasteiger partial charge on any atom is -0.343 e. The van der Waals surface area contributed by atoms with Crippen molar-refractivity contribution in [3.05, 3.63) is 89.8 Å². The predicted octanol–water partition coefficient (Wildman–Crippen LogP) is 2.84. The van der Waals surface area contributed by atoms with Crippen molar-refractivity contribution in [2.45, 2.75) is 13.8 Å². The van der Waals surface area contributed by atoms with E-state index < -0.39 is 17.7 Å². The number of hydrogen-bond donors (Lipinski definition) is 4. The van der Waals surface area contributed by atoms with Gasteiger partial charge in [-0.1, -0.05) is 24.3 Å². The van der Waals surface area contributed by atoms with Gasteiger partial charge in [-0.2, -0.15) is 0 Å². The van der Waals surface area contributed by atoms with Gasteiger partial charge in [0.05, 0.1) is 24.6 Å². The zero-order valence-electron chi connectivity index (χ0n) is 19.2. The molecular weight excluding hydrogens is 448 g/mol. The maximum atomic E-state index is 12.8. The fourth-order valence-corrected chi connectivity index (χ4v) is 3.04. The normalized spacial score (nSPS) is 10.1. The zero-order valence-corrected chi connectivity index (χ0v) is 19.2. The van der Waals surface area contributed by atoms with Gasteiger partial charge in [0.15, 0.2) is 0 Å². The van der Waals surface area contributed by atoms with Crippen LogP contribution in [0.2, 0.25) is 0 Å². The lowest BCUT2D eigenvalue weighted by Gasteiger charge is -2.11. The molecule has 1 heterocycles. The SMILES string of the molecule is C=CC(=O)NCC(=O)Nc1ncc(NC(=O)c2cc(C)cc(NC(=O)c3cccc(C)c3)c2)cn1. The molecule has 0 atom stereocenters. The highest BCUT2D eigenvalue weighted by Gasteiger charge is 2.12. The van der Waals surface area contributed by atoms with Gasteiger partial charge in [-0.15, -0.1) is 0 Å². The predicted molar refractivity (Wildman–Crippen MR) is 132 cm³/mol. The molecule has 0 bridgehead atoms. The number of carbonyl (C=O) groups excluding carboxylic acids is 4. The maximum Gasteiger partial charge on any atom is 0.255 e. The van der Waals surface area contributed by atoms with Gasteiger partial charge < -0.3 is 16.0 Å². The number of anilines is 3. The van der Waals surface area contributed by atoms with Crippen LogP contribution in [0.25, 0.3) is 0 Å². The molecule has 10 heteroatoms. The smallest absolute Gasteiger partial charge is 0.255 e. The number of aryl methyl sites for hydroxylation is 2. The Kier molecular flexibility index (Phi) is 8.02. The summed E-state index contributed by atoms with van der Waals surface area (Å²) in [5.74, 6) is -1.68. The Hall–Kier alpha value is -4.86. The highest BCUT2D eigenvalue weighted by Crippen LogP contribution is 2.18. The summed E-state index contributed by atoms with van der Waals surface area (Å²) in [6.07, 6.45) is 3.72. The van der Waals surface area contributed by atoms with Crippen molar-refractivity contribution >= 4 is 41.0 Å². The molecule has 0 spiro atoms. The van der Waals surface area contributed by atoms with Crippen LogP contribution in [0.4, 0.5) is 17.3 Å². The molecule has 0 aliphatic rings. The number of carbonyl (C=O) groups is 4. The summed E-state index contributed by atoms with van der Waals surface area (Å²) in [6.45, 7) is 6.75. The molecule has 0 saturated heterocycles. The topological polar surface area (TPSA) is 142 Å². The standard InChI is InChI=1S/C25H24N6O4/c1-4-21(32)26-14-22(33)31-25-27-12-20(13-28-25)30-24(35)18-9-16(3)10-19(11-18)29-23(34)17-7-5-6-15(2)8-17/h4-13H,1,14H2,2-3H3,(H,26,32)(H,29,34)(H,30,35)(H,27,28,31,33). The highest BCUT2D eigenvalue weighted by atomic mass is 16.2. The molecule has 2 aromatic carbocycles. The molecule has 35 heavy (non-hydrogen) atoms. The number of aromatic nitrogens is 2. The largest absolute Gasteiger partial charge is 0.343 e. The molecule has 0 radical (unpaired) electrons. The van der Waals surface area contributed by atoms with E-state index in [-0.39, 0.29) is 18.4 Å². The van der Waals surface area contributed by atoms with Crippen LogP contribution in [0.15, 0.2) is 67.5 Å². The number of amides is 4. The van der Waals surface area contributed by atoms with Gasteiger partial charge in [-0.25, -0.2) is 9.97 Å². The van der Waals surface area contributed by atoms with E-state index in [2.05, 4.69) is 37.8 Å². The first-order valence-corrected chi connectivity index (χ1v) is 10.6. The molecule has 4 N–H and O–H groups in total. The molecular formula is C25H24N6O4. The Balaban J connectivity index is 1.63. The van der Waals surface area contributed by atoms with Crippen molar-refractivity contribution in [1.29, 1.82) is 0 Å². The maximum absolute atomic E-state index is 12.8. The van der Waals surface area contributed by atoms with E-state index in [0.717, 1.165) is 17.2 Å². The second-order valence-corrected chi connectivity index (χ2v) is 7.63. The van der Waals surface area contributed by atoms with Crippen molar-refractivity contribution < 1.29 is 19.2 Å². The van der Waals surface area contributed by atoms with E-state index in [1.807, 2.05) is 19.9 Å². The van der Waals surface area contributed by atoms with Gasteiger partial charge in [0, 0.05) is 16.8 Å². The van der Waals surface area contributed by atoms with Gasteiger partial charge in [-0.3, -0.25) is 24.5 Å². The van der Waals surface area contributed by atoms with E-state index in [0.29, 0.717) is 22.5 Å². The Morgan fingerprint density at radius 2 is 1.49 bits per heavy atom. The molecule has 0 saturated carbocycles. The van der Waals surface area contributed by atoms with Crippen LogP contribution in [-0.4, -0.2) is 40.1 Å². The number of nitrogens with zero attached hydrogens (tertiary/aromatic N) is 2. The summed E-state index contributed by atoms with van der Waals surface area (Å²) in [5.41, 5.74) is 3.40. The molecule has 3 rings (SSSR count). The minimum absolute atomic E-state index is 0.0116. The molecule has 0 aliphatic carbocycles. The first-order chi connectivity index (χ1) is 16.7. The Morgan fingerprint density at radius 1 is 0.829 bits per heavy atom. The second kappa shape index (κ2) is 11.3. The first kappa shape index (κ1) is 24.8. The van der Waals surface area contributed by atoms with Crippen molar-refractivity contribution in [3.8, 4) is 0 Å². The van der Waals surface area contributed by atoms with Crippen LogP contribution < -0.4 is 21.3 Å². The van der Waals surface area contributed by atoms with Gasteiger partial charge in [0.1, 0.15) is 0 Å². The van der Waals surface area contributed by atoms with Crippen LogP contribution in [0.3, 0.4) is 0 Å². The van der Waals surface area contributed by atoms with Crippen molar-refractivity contribution in [2.75, 3.05) is 22.5 Å². The lowest BCUT2D eigenvalue weighted by atomic mass is 10.1. The minimum atomic E-state index is -0.517. The Morgan fingerprint density at radius 3 is 2.17 bits per heavy atom. The van der Waals surface area contributed by atoms with Gasteiger partial charge in [0.2, 0.25) is 17.8 Å². The second-order valence-electron chi connectivity index (χ2n) is 7.63. The van der Waals surface area contributed by atoms with Crippen molar-refractivity contribution in [3.63, 3.8) is 0 Å². The Bertz CT molecular complexity index is 1290. The molecule has 0 fully saturated rings. The van der Waals surface area contributed by atoms with Crippen LogP contribution in [-0.2, 0) is 9.59 Å². The quantitative estimate of drug-likeness (QED) is 0.372. The number of benzene rings is 2. The number of rotatable bonds is 8. The molecule has 1 aromatic heterocycles. The van der Waals surface area contributed by atoms with Crippen molar-refractivity contribution in [1.82, 2.24) is 15.3 Å². The lowest BCUT2D eigenvalue weighted by molar-refractivity contribution is -0.121. The molecule has 0 unspecified atom stereocenters. The third kappa shape index (κ3) is 7.32. The molecule has 4 amide bonds. The van der Waals surface area contributed by atoms with Crippen molar-refractivity contribution in [2.24, 2.45) is 0 Å². The van der Waals surface area contributed by atoms with E-state index >= 15 is 0 Å². The first-order valence-electron chi connectivity index (χ1n) is 10.6. The third-order valence-corrected chi connectivity index (χ3v) is 4.65. The molecule has 10 nitrogen and oxygen atoms in total. The fourth-order valence-electron chi connectivity index (χ4n) is 3.04. The summed E-state index contributed by atoms with van der Waals surface area (Å²) in [6, 6.07) is 12.2. The van der Waals surface area contributed by atoms with Crippen LogP contribution in [0.1, 0.15) is 31.8 Å². The Labute approximate surface area is 201 Å². The van der Waals surface area contributed by atoms with E-state index in [1.54, 1.807) is 36.4 Å². The summed E-state index contributed by atoms with van der Waals surface area (Å²) >= 11 is 0. The molecule has 3 aromatic rings. The lowest BCUT2D eigenvalue weighted by Crippen LogP contribution is -2.32. The number of nitrogens with one attached hydrogen (secondary N) is 4. The summed E-state index contributed by atoms with van der Waals surface area (Å²) in [4.78, 5) is 56.2. The third-order valence-electron chi connectivity index (χ3n) is 4.65. The van der Waals surface area contributed by atoms with Crippen LogP contribution >= 0.6 is 0 Å². The molecule has 178 valence electrons. The molecule has 0 aliphatic heterocycles. The average molecular weight is 473 g/mol. The average Bonchev–Trinajstić information content (AvgIpc) is 2.83. The highest BCUT2D eigenvalue weighted by molar-refractivity contribution is 6.07. The van der Waals surface area contributed by atoms with Gasteiger partial charge >= 0.3 is 0 Å². The zero-order chi connectivity index (χ0) is 25.4. The van der Waals surface area contributed by atoms with Crippen LogP contribution in [0, 0.1) is 13.8 Å². The fraction of sp³-hybridized carbons (Fsp3) is 0.120. The van der Waals surface area contributed by atoms with Gasteiger partial charge in [-0.05, 0) is 55.8 Å².